The smallest absolute Gasteiger partial charge is 0.300 e. The zero-order valence-corrected chi connectivity index (χ0v) is 21.1. The second kappa shape index (κ2) is 11.4. The van der Waals surface area contributed by atoms with E-state index in [2.05, 4.69) is 39.4 Å². The van der Waals surface area contributed by atoms with Gasteiger partial charge in [-0.05, 0) is 43.2 Å². The predicted molar refractivity (Wildman–Crippen MR) is 141 cm³/mol. The van der Waals surface area contributed by atoms with Gasteiger partial charge in [0, 0.05) is 63.6 Å². The van der Waals surface area contributed by atoms with Gasteiger partial charge < -0.3 is 9.64 Å². The van der Waals surface area contributed by atoms with Crippen LogP contribution in [-0.4, -0.2) is 67.7 Å². The highest BCUT2D eigenvalue weighted by atomic mass is 16.5. The van der Waals surface area contributed by atoms with Gasteiger partial charge in [0.2, 0.25) is 11.6 Å². The molecule has 0 atom stereocenters. The van der Waals surface area contributed by atoms with Crippen molar-refractivity contribution in [2.75, 3.05) is 32.8 Å². The molecule has 1 saturated heterocycles. The number of amides is 1. The predicted octanol–water partition coefficient (Wildman–Crippen LogP) is 2.95. The topological polar surface area (TPSA) is 85.0 Å². The average Bonchev–Trinajstić information content (AvgIpc) is 3.34. The first-order valence-electron chi connectivity index (χ1n) is 12.8. The third kappa shape index (κ3) is 5.72. The van der Waals surface area contributed by atoms with E-state index < -0.39 is 0 Å². The Labute approximate surface area is 215 Å². The first-order valence-corrected chi connectivity index (χ1v) is 12.8. The molecule has 5 rings (SSSR count). The monoisotopic (exact) mass is 500 g/mol. The third-order valence-corrected chi connectivity index (χ3v) is 6.73. The van der Waals surface area contributed by atoms with Crippen LogP contribution in [-0.2, 0) is 17.8 Å². The van der Waals surface area contributed by atoms with E-state index in [1.807, 2.05) is 42.2 Å². The summed E-state index contributed by atoms with van der Waals surface area (Å²) in [7, 11) is 0. The zero-order chi connectivity index (χ0) is 25.6. The number of carbonyl (C=O) groups excluding carboxylic acids is 1. The highest BCUT2D eigenvalue weighted by Gasteiger charge is 2.21. The van der Waals surface area contributed by atoms with Gasteiger partial charge in [-0.25, -0.2) is 0 Å². The molecule has 192 valence electrons. The van der Waals surface area contributed by atoms with E-state index in [-0.39, 0.29) is 17.1 Å². The summed E-state index contributed by atoms with van der Waals surface area (Å²) in [5.74, 6) is 1.62. The largest absolute Gasteiger partial charge is 0.494 e. The fourth-order valence-corrected chi connectivity index (χ4v) is 4.73. The van der Waals surface area contributed by atoms with Crippen LogP contribution >= 0.6 is 0 Å². The number of fused-ring (bicyclic) bond motifs is 1. The second-order valence-corrected chi connectivity index (χ2v) is 9.21. The summed E-state index contributed by atoms with van der Waals surface area (Å²) in [4.78, 5) is 30.2. The Morgan fingerprint density at radius 2 is 1.70 bits per heavy atom. The lowest BCUT2D eigenvalue weighted by Gasteiger charge is -2.34. The summed E-state index contributed by atoms with van der Waals surface area (Å²) in [5, 5.41) is 8.37. The molecule has 1 fully saturated rings. The molecule has 0 N–H and O–H groups in total. The number of carbonyl (C=O) groups is 1. The maximum Gasteiger partial charge on any atom is 0.300 e. The molecule has 0 saturated carbocycles. The van der Waals surface area contributed by atoms with Crippen molar-refractivity contribution in [2.24, 2.45) is 0 Å². The molecule has 2 aromatic carbocycles. The van der Waals surface area contributed by atoms with Gasteiger partial charge in [0.1, 0.15) is 11.6 Å². The van der Waals surface area contributed by atoms with Crippen molar-refractivity contribution in [3.05, 3.63) is 88.7 Å². The zero-order valence-electron chi connectivity index (χ0n) is 21.1. The number of nitrogens with zero attached hydrogens (tertiary/aromatic N) is 6. The summed E-state index contributed by atoms with van der Waals surface area (Å²) in [6.07, 6.45) is 5.21. The molecule has 2 aromatic heterocycles. The van der Waals surface area contributed by atoms with Crippen LogP contribution in [0.4, 0.5) is 0 Å². The second-order valence-electron chi connectivity index (χ2n) is 9.21. The molecular formula is C28H32N6O3. The summed E-state index contributed by atoms with van der Waals surface area (Å²) < 4.78 is 8.75. The van der Waals surface area contributed by atoms with E-state index in [4.69, 9.17) is 4.74 Å². The van der Waals surface area contributed by atoms with Gasteiger partial charge in [0.25, 0.3) is 0 Å². The lowest BCUT2D eigenvalue weighted by molar-refractivity contribution is -0.133. The third-order valence-electron chi connectivity index (χ3n) is 6.73. The van der Waals surface area contributed by atoms with Crippen molar-refractivity contribution in [3.63, 3.8) is 0 Å². The Morgan fingerprint density at radius 3 is 2.43 bits per heavy atom. The number of ether oxygens (including phenoxy) is 1. The van der Waals surface area contributed by atoms with Crippen LogP contribution in [0.1, 0.15) is 31.2 Å². The van der Waals surface area contributed by atoms with Gasteiger partial charge in [0.15, 0.2) is 0 Å². The van der Waals surface area contributed by atoms with Gasteiger partial charge in [-0.2, -0.15) is 0 Å². The Balaban J connectivity index is 1.14. The molecule has 9 heteroatoms. The van der Waals surface area contributed by atoms with Crippen molar-refractivity contribution < 1.29 is 9.53 Å². The van der Waals surface area contributed by atoms with Crippen LogP contribution < -0.4 is 10.3 Å². The van der Waals surface area contributed by atoms with E-state index in [9.17, 15) is 9.59 Å². The minimum Gasteiger partial charge on any atom is -0.494 e. The molecule has 0 unspecified atom stereocenters. The molecule has 0 bridgehead atoms. The SMILES string of the molecule is CCOc1ccc(-n2ccn3c(CCCC(=O)N4CCN(Cc5ccccc5)CC4)nnc3c2=O)cc1. The molecule has 1 amide bonds. The van der Waals surface area contributed by atoms with Gasteiger partial charge in [0.05, 0.1) is 6.61 Å². The van der Waals surface area contributed by atoms with Crippen LogP contribution in [0.5, 0.6) is 5.75 Å². The normalized spacial score (nSPS) is 14.2. The lowest BCUT2D eigenvalue weighted by atomic mass is 10.1. The van der Waals surface area contributed by atoms with E-state index in [0.29, 0.717) is 31.7 Å². The first-order chi connectivity index (χ1) is 18.1. The maximum absolute atomic E-state index is 13.0. The highest BCUT2D eigenvalue weighted by Crippen LogP contribution is 2.15. The Hall–Kier alpha value is -3.98. The van der Waals surface area contributed by atoms with Gasteiger partial charge >= 0.3 is 5.56 Å². The van der Waals surface area contributed by atoms with Crippen LogP contribution in [0, 0.1) is 0 Å². The Bertz CT molecular complexity index is 1390. The van der Waals surface area contributed by atoms with Crippen molar-refractivity contribution in [2.45, 2.75) is 32.7 Å². The number of benzene rings is 2. The molecule has 1 aliphatic heterocycles. The molecular weight excluding hydrogens is 468 g/mol. The van der Waals surface area contributed by atoms with Gasteiger partial charge in [-0.15, -0.1) is 10.2 Å². The first kappa shape index (κ1) is 24.7. The number of hydrogen-bond acceptors (Lipinski definition) is 6. The summed E-state index contributed by atoms with van der Waals surface area (Å²) in [5.41, 5.74) is 2.06. The Morgan fingerprint density at radius 1 is 0.946 bits per heavy atom. The lowest BCUT2D eigenvalue weighted by Crippen LogP contribution is -2.48. The van der Waals surface area contributed by atoms with Gasteiger partial charge in [-0.3, -0.25) is 23.5 Å². The number of piperazine rings is 1. The molecule has 3 heterocycles. The highest BCUT2D eigenvalue weighted by molar-refractivity contribution is 5.76. The molecule has 4 aromatic rings. The van der Waals surface area contributed by atoms with Crippen LogP contribution in [0.15, 0.2) is 71.8 Å². The summed E-state index contributed by atoms with van der Waals surface area (Å²) in [6.45, 7) is 6.72. The number of aromatic nitrogens is 4. The van der Waals surface area contributed by atoms with Crippen molar-refractivity contribution in [1.82, 2.24) is 29.0 Å². The van der Waals surface area contributed by atoms with E-state index in [0.717, 1.165) is 44.2 Å². The fourth-order valence-electron chi connectivity index (χ4n) is 4.73. The fraction of sp³-hybridized carbons (Fsp3) is 0.357. The van der Waals surface area contributed by atoms with Gasteiger partial charge in [-0.1, -0.05) is 30.3 Å². The number of rotatable bonds is 9. The molecule has 1 aliphatic rings. The molecule has 0 spiro atoms. The number of aryl methyl sites for hydroxylation is 1. The van der Waals surface area contributed by atoms with E-state index in [1.165, 1.54) is 5.56 Å². The average molecular weight is 501 g/mol. The van der Waals surface area contributed by atoms with Crippen molar-refractivity contribution >= 4 is 11.6 Å². The van der Waals surface area contributed by atoms with E-state index >= 15 is 0 Å². The summed E-state index contributed by atoms with van der Waals surface area (Å²) >= 11 is 0. The quantitative estimate of drug-likeness (QED) is 0.351. The van der Waals surface area contributed by atoms with Crippen LogP contribution in [0.3, 0.4) is 0 Å². The molecule has 0 radical (unpaired) electrons. The minimum absolute atomic E-state index is 0.172. The maximum atomic E-state index is 13.0. The Kier molecular flexibility index (Phi) is 7.60. The molecule has 0 aliphatic carbocycles. The van der Waals surface area contributed by atoms with Crippen molar-refractivity contribution in [1.29, 1.82) is 0 Å². The summed E-state index contributed by atoms with van der Waals surface area (Å²) in [6, 6.07) is 17.8. The van der Waals surface area contributed by atoms with Crippen molar-refractivity contribution in [3.8, 4) is 11.4 Å². The minimum atomic E-state index is -0.241. The standard InChI is InChI=1S/C28H32N6O3/c1-2-37-24-13-11-23(12-14-24)33-19-20-34-25(29-30-27(34)28(33)36)9-6-10-26(35)32-17-15-31(16-18-32)21-22-7-4-3-5-8-22/h3-5,7-8,11-14,19-20H,2,6,9-10,15-18,21H2,1H3. The number of hydrogen-bond donors (Lipinski definition) is 0. The molecule has 37 heavy (non-hydrogen) atoms. The molecule has 9 nitrogen and oxygen atoms in total. The van der Waals surface area contributed by atoms with E-state index in [1.54, 1.807) is 21.4 Å². The van der Waals surface area contributed by atoms with Crippen LogP contribution in [0.2, 0.25) is 0 Å². The van der Waals surface area contributed by atoms with Crippen LogP contribution in [0.25, 0.3) is 11.3 Å².